The second-order valence-corrected chi connectivity index (χ2v) is 3.41. The van der Waals surface area contributed by atoms with Crippen molar-refractivity contribution in [2.45, 2.75) is 0 Å². The number of fused-ring (bicyclic) bond motifs is 1. The largest absolute Gasteiger partial charge is 0.506 e. The Morgan fingerprint density at radius 1 is 1.33 bits per heavy atom. The van der Waals surface area contributed by atoms with Crippen LogP contribution >= 0.6 is 11.6 Å². The van der Waals surface area contributed by atoms with Crippen molar-refractivity contribution in [2.24, 2.45) is 0 Å². The molecule has 2 rings (SSSR count). The van der Waals surface area contributed by atoms with Gasteiger partial charge in [-0.15, -0.1) is 0 Å². The lowest BCUT2D eigenvalue weighted by molar-refractivity contribution is 0.111. The molecule has 5 heteroatoms. The van der Waals surface area contributed by atoms with E-state index in [1.165, 1.54) is 12.1 Å². The predicted octanol–water partition coefficient (Wildman–Crippen LogP) is 2.11. The first kappa shape index (κ1) is 9.73. The highest BCUT2D eigenvalue weighted by Crippen LogP contribution is 2.32. The number of rotatable bonds is 1. The van der Waals surface area contributed by atoms with E-state index in [9.17, 15) is 15.0 Å². The molecule has 0 fully saturated rings. The van der Waals surface area contributed by atoms with Crippen molar-refractivity contribution in [1.29, 1.82) is 0 Å². The lowest BCUT2D eigenvalue weighted by Crippen LogP contribution is -1.89. The Kier molecular flexibility index (Phi) is 2.21. The molecule has 0 atom stereocenters. The Bertz CT molecular complexity index is 554. The number of aromatic hydroxyl groups is 2. The second-order valence-electron chi connectivity index (χ2n) is 2.98. The molecule has 0 unspecified atom stereocenters. The van der Waals surface area contributed by atoms with Gasteiger partial charge < -0.3 is 10.2 Å². The minimum Gasteiger partial charge on any atom is -0.506 e. The molecular formula is C10H6ClNO3. The third kappa shape index (κ3) is 1.49. The predicted molar refractivity (Wildman–Crippen MR) is 55.5 cm³/mol. The molecular weight excluding hydrogens is 218 g/mol. The van der Waals surface area contributed by atoms with Crippen LogP contribution in [-0.2, 0) is 0 Å². The first-order valence-corrected chi connectivity index (χ1v) is 4.47. The zero-order valence-corrected chi connectivity index (χ0v) is 8.19. The number of hydrogen-bond acceptors (Lipinski definition) is 4. The maximum absolute atomic E-state index is 10.6. The van der Waals surface area contributed by atoms with Gasteiger partial charge in [-0.25, -0.2) is 4.98 Å². The van der Waals surface area contributed by atoms with Gasteiger partial charge in [0, 0.05) is 10.4 Å². The van der Waals surface area contributed by atoms with Gasteiger partial charge in [0.15, 0.2) is 6.29 Å². The molecule has 0 bridgehead atoms. The van der Waals surface area contributed by atoms with Gasteiger partial charge in [0.25, 0.3) is 0 Å². The van der Waals surface area contributed by atoms with Crippen molar-refractivity contribution >= 4 is 28.8 Å². The van der Waals surface area contributed by atoms with Crippen LogP contribution < -0.4 is 0 Å². The van der Waals surface area contributed by atoms with Gasteiger partial charge in [-0.1, -0.05) is 11.6 Å². The van der Waals surface area contributed by atoms with Crippen LogP contribution in [0.2, 0.25) is 5.02 Å². The summed E-state index contributed by atoms with van der Waals surface area (Å²) < 4.78 is 0. The van der Waals surface area contributed by atoms with Gasteiger partial charge in [-0.3, -0.25) is 4.79 Å². The SMILES string of the molecule is O=Cc1c(O)nc2cc(Cl)ccc2c1O. The molecule has 2 aromatic rings. The number of hydrogen-bond donors (Lipinski definition) is 2. The number of pyridine rings is 1. The number of aldehydes is 1. The zero-order valence-electron chi connectivity index (χ0n) is 7.44. The smallest absolute Gasteiger partial charge is 0.226 e. The second kappa shape index (κ2) is 3.40. The zero-order chi connectivity index (χ0) is 11.0. The Morgan fingerprint density at radius 2 is 2.07 bits per heavy atom. The standard InChI is InChI=1S/C10H6ClNO3/c11-5-1-2-6-8(3-5)12-10(15)7(4-13)9(6)14/h1-4H,(H2,12,14,15). The maximum atomic E-state index is 10.6. The third-order valence-electron chi connectivity index (χ3n) is 2.06. The van der Waals surface area contributed by atoms with Gasteiger partial charge in [0.2, 0.25) is 5.88 Å². The highest BCUT2D eigenvalue weighted by atomic mass is 35.5. The number of carbonyl (C=O) groups is 1. The minimum atomic E-state index is -0.503. The molecule has 0 aliphatic rings. The number of nitrogens with zero attached hydrogens (tertiary/aromatic N) is 1. The van der Waals surface area contributed by atoms with E-state index in [1.807, 2.05) is 0 Å². The van der Waals surface area contributed by atoms with Crippen LogP contribution in [0.5, 0.6) is 11.6 Å². The average Bonchev–Trinajstić information content (AvgIpc) is 2.17. The van der Waals surface area contributed by atoms with E-state index in [2.05, 4.69) is 4.98 Å². The Balaban J connectivity index is 2.90. The topological polar surface area (TPSA) is 70.4 Å². The van der Waals surface area contributed by atoms with E-state index in [1.54, 1.807) is 6.07 Å². The first-order valence-electron chi connectivity index (χ1n) is 4.10. The lowest BCUT2D eigenvalue weighted by atomic mass is 10.1. The van der Waals surface area contributed by atoms with Crippen LogP contribution in [0.15, 0.2) is 18.2 Å². The molecule has 1 heterocycles. The number of carbonyl (C=O) groups excluding carboxylic acids is 1. The van der Waals surface area contributed by atoms with Crippen molar-refractivity contribution in [3.8, 4) is 11.6 Å². The van der Waals surface area contributed by atoms with E-state index in [-0.39, 0.29) is 11.3 Å². The van der Waals surface area contributed by atoms with Crippen LogP contribution in [0.1, 0.15) is 10.4 Å². The molecule has 0 radical (unpaired) electrons. The fourth-order valence-corrected chi connectivity index (χ4v) is 1.50. The quantitative estimate of drug-likeness (QED) is 0.727. The molecule has 0 spiro atoms. The van der Waals surface area contributed by atoms with Gasteiger partial charge in [-0.05, 0) is 18.2 Å². The normalized spacial score (nSPS) is 10.5. The summed E-state index contributed by atoms with van der Waals surface area (Å²) in [5.41, 5.74) is 0.118. The molecule has 1 aromatic heterocycles. The van der Waals surface area contributed by atoms with Crippen LogP contribution in [0, 0.1) is 0 Å². The molecule has 2 N–H and O–H groups in total. The van der Waals surface area contributed by atoms with Crippen molar-refractivity contribution in [1.82, 2.24) is 4.98 Å². The summed E-state index contributed by atoms with van der Waals surface area (Å²) in [6.07, 6.45) is 0.353. The van der Waals surface area contributed by atoms with Gasteiger partial charge >= 0.3 is 0 Å². The highest BCUT2D eigenvalue weighted by molar-refractivity contribution is 6.31. The molecule has 0 saturated heterocycles. The van der Waals surface area contributed by atoms with Crippen LogP contribution in [0.4, 0.5) is 0 Å². The summed E-state index contributed by atoms with van der Waals surface area (Å²) in [5.74, 6) is -0.790. The van der Waals surface area contributed by atoms with Gasteiger partial charge in [0.1, 0.15) is 11.3 Å². The molecule has 76 valence electrons. The highest BCUT2D eigenvalue weighted by Gasteiger charge is 2.13. The van der Waals surface area contributed by atoms with E-state index < -0.39 is 5.88 Å². The summed E-state index contributed by atoms with van der Waals surface area (Å²) in [7, 11) is 0. The average molecular weight is 224 g/mol. The number of aromatic nitrogens is 1. The summed E-state index contributed by atoms with van der Waals surface area (Å²) >= 11 is 5.72. The van der Waals surface area contributed by atoms with E-state index in [0.717, 1.165) is 0 Å². The number of halogens is 1. The van der Waals surface area contributed by atoms with Gasteiger partial charge in [-0.2, -0.15) is 0 Å². The molecule has 0 amide bonds. The molecule has 0 saturated carbocycles. The summed E-state index contributed by atoms with van der Waals surface area (Å²) in [5, 5.41) is 19.8. The summed E-state index contributed by atoms with van der Waals surface area (Å²) in [6.45, 7) is 0. The van der Waals surface area contributed by atoms with Crippen molar-refractivity contribution in [3.63, 3.8) is 0 Å². The Morgan fingerprint density at radius 3 is 2.73 bits per heavy atom. The van der Waals surface area contributed by atoms with Crippen molar-refractivity contribution in [2.75, 3.05) is 0 Å². The first-order chi connectivity index (χ1) is 7.13. The Hall–Kier alpha value is -1.81. The molecule has 15 heavy (non-hydrogen) atoms. The van der Waals surface area contributed by atoms with E-state index >= 15 is 0 Å². The minimum absolute atomic E-state index is 0.218. The van der Waals surface area contributed by atoms with Crippen LogP contribution in [0.3, 0.4) is 0 Å². The molecule has 1 aromatic carbocycles. The molecule has 0 aliphatic carbocycles. The molecule has 0 aliphatic heterocycles. The lowest BCUT2D eigenvalue weighted by Gasteiger charge is -2.04. The van der Waals surface area contributed by atoms with Crippen molar-refractivity contribution < 1.29 is 15.0 Å². The molecule has 4 nitrogen and oxygen atoms in total. The van der Waals surface area contributed by atoms with E-state index in [0.29, 0.717) is 22.2 Å². The van der Waals surface area contributed by atoms with Crippen LogP contribution in [0.25, 0.3) is 10.9 Å². The summed E-state index contributed by atoms with van der Waals surface area (Å²) in [4.78, 5) is 14.3. The Labute approximate surface area is 89.8 Å². The third-order valence-corrected chi connectivity index (χ3v) is 2.29. The number of benzene rings is 1. The van der Waals surface area contributed by atoms with Crippen molar-refractivity contribution in [3.05, 3.63) is 28.8 Å². The maximum Gasteiger partial charge on any atom is 0.226 e. The van der Waals surface area contributed by atoms with E-state index in [4.69, 9.17) is 11.6 Å². The monoisotopic (exact) mass is 223 g/mol. The van der Waals surface area contributed by atoms with Crippen LogP contribution in [-0.4, -0.2) is 21.5 Å². The fraction of sp³-hybridized carbons (Fsp3) is 0. The van der Waals surface area contributed by atoms with Gasteiger partial charge in [0.05, 0.1) is 5.52 Å². The fourth-order valence-electron chi connectivity index (χ4n) is 1.33. The summed E-state index contributed by atoms with van der Waals surface area (Å²) in [6, 6.07) is 4.59.